The van der Waals surface area contributed by atoms with Gasteiger partial charge in [-0.2, -0.15) is 0 Å². The van der Waals surface area contributed by atoms with Crippen LogP contribution in [0.1, 0.15) is 168 Å². The smallest absolute Gasteiger partial charge is 0.338 e. The molecule has 8 fully saturated rings. The number of esters is 3. The number of nitrogens with zero attached hydrogens (tertiary/aromatic N) is 4. The van der Waals surface area contributed by atoms with E-state index in [4.69, 9.17) is 95.1 Å². The van der Waals surface area contributed by atoms with Gasteiger partial charge in [0, 0.05) is 32.8 Å². The van der Waals surface area contributed by atoms with E-state index < -0.39 is 64.2 Å². The molecule has 0 saturated carbocycles. The molecule has 8 heterocycles. The highest BCUT2D eigenvalue weighted by atomic mass is 16.7. The van der Waals surface area contributed by atoms with Crippen LogP contribution in [-0.2, 0) is 90.0 Å². The topological polar surface area (TPSA) is 260 Å². The third kappa shape index (κ3) is 24.2. The Labute approximate surface area is 569 Å². The summed E-state index contributed by atoms with van der Waals surface area (Å²) >= 11 is 0. The molecule has 550 valence electrons. The Morgan fingerprint density at radius 1 is 0.302 bits per heavy atom. The summed E-state index contributed by atoms with van der Waals surface area (Å²) in [6, 6.07) is 4.03. The fourth-order valence-corrected chi connectivity index (χ4v) is 12.4. The first-order valence-electron chi connectivity index (χ1n) is 34.6. The van der Waals surface area contributed by atoms with E-state index in [2.05, 4.69) is 19.6 Å². The van der Waals surface area contributed by atoms with Crippen molar-refractivity contribution in [3.8, 4) is 0 Å². The van der Waals surface area contributed by atoms with Gasteiger partial charge < -0.3 is 95.1 Å². The standard InChI is InChI=1S/C54H87N3O18.C15H29NO5/c1-49(2)64-25-40(26-65-49)55(41-27-66-50(3,4)67-28-41)16-13-19-61-46(58)37-22-38(47(59)62-20-14-17-56(42-29-68-51(5,6)69-30-42)43-31-70-52(7,8)71-32-43)24-39(23-37)48(60)63-21-15-18-57(44-33-72-53(9,10)73-34-44)45-35-74-54(11,12)75-36-45;1-14(2)18-8-12(9-19-14)16(6-5-7-17)13-10-20-15(3,4)21-11-13/h22-24,40-45H,13-21,25-36H2,1-12H3;12-13,17H,5-11H2,1-4H3. The summed E-state index contributed by atoms with van der Waals surface area (Å²) in [4.78, 5) is 50.7. The van der Waals surface area contributed by atoms with Crippen molar-refractivity contribution in [3.05, 3.63) is 34.9 Å². The van der Waals surface area contributed by atoms with E-state index in [-0.39, 0.29) is 91.5 Å². The van der Waals surface area contributed by atoms with E-state index in [1.54, 1.807) is 0 Å². The molecular formula is C69H116N4O23. The number of aliphatic hydroxyl groups is 1. The van der Waals surface area contributed by atoms with Crippen LogP contribution in [-0.4, -0.2) is 296 Å². The lowest BCUT2D eigenvalue weighted by atomic mass is 10.1. The van der Waals surface area contributed by atoms with Gasteiger partial charge in [-0.05, 0) is 155 Å². The lowest BCUT2D eigenvalue weighted by Gasteiger charge is -2.46. The van der Waals surface area contributed by atoms with Crippen molar-refractivity contribution < 1.29 is 109 Å². The van der Waals surface area contributed by atoms with Gasteiger partial charge in [-0.3, -0.25) is 19.6 Å². The van der Waals surface area contributed by atoms with Crippen molar-refractivity contribution in [1.82, 2.24) is 19.6 Å². The highest BCUT2D eigenvalue weighted by Gasteiger charge is 2.43. The lowest BCUT2D eigenvalue weighted by molar-refractivity contribution is -0.288. The minimum absolute atomic E-state index is 0.000814. The van der Waals surface area contributed by atoms with E-state index in [1.807, 2.05) is 111 Å². The van der Waals surface area contributed by atoms with Crippen LogP contribution in [0.3, 0.4) is 0 Å². The van der Waals surface area contributed by atoms with Crippen molar-refractivity contribution >= 4 is 17.9 Å². The summed E-state index contributed by atoms with van der Waals surface area (Å²) in [5.74, 6) is -7.33. The first kappa shape index (κ1) is 78.5. The fraction of sp³-hybridized carbons (Fsp3) is 0.870. The van der Waals surface area contributed by atoms with Gasteiger partial charge >= 0.3 is 17.9 Å². The Balaban J connectivity index is 0.000000475. The molecule has 0 radical (unpaired) electrons. The van der Waals surface area contributed by atoms with Crippen LogP contribution in [0.25, 0.3) is 0 Å². The highest BCUT2D eigenvalue weighted by molar-refractivity contribution is 6.00. The number of hydrogen-bond acceptors (Lipinski definition) is 27. The van der Waals surface area contributed by atoms with E-state index in [0.29, 0.717) is 145 Å². The van der Waals surface area contributed by atoms with Crippen LogP contribution < -0.4 is 0 Å². The minimum atomic E-state index is -0.714. The van der Waals surface area contributed by atoms with Gasteiger partial charge in [0.15, 0.2) is 46.3 Å². The van der Waals surface area contributed by atoms with Gasteiger partial charge in [0.2, 0.25) is 0 Å². The molecule has 0 aliphatic carbocycles. The Bertz CT molecular complexity index is 2190. The van der Waals surface area contributed by atoms with Crippen molar-refractivity contribution in [2.24, 2.45) is 0 Å². The first-order valence-corrected chi connectivity index (χ1v) is 34.6. The van der Waals surface area contributed by atoms with Crippen LogP contribution in [0.2, 0.25) is 0 Å². The normalized spacial score (nSPS) is 25.3. The average molecular weight is 1370 g/mol. The second-order valence-corrected chi connectivity index (χ2v) is 29.7. The monoisotopic (exact) mass is 1370 g/mol. The molecule has 0 aromatic heterocycles. The molecule has 27 heteroatoms. The maximum atomic E-state index is 13.9. The summed E-state index contributed by atoms with van der Waals surface area (Å²) in [7, 11) is 0. The second-order valence-electron chi connectivity index (χ2n) is 29.7. The third-order valence-corrected chi connectivity index (χ3v) is 18.3. The molecule has 0 unspecified atom stereocenters. The molecule has 8 aliphatic heterocycles. The van der Waals surface area contributed by atoms with Crippen LogP contribution >= 0.6 is 0 Å². The Kier molecular flexibility index (Phi) is 27.9. The third-order valence-electron chi connectivity index (χ3n) is 18.3. The van der Waals surface area contributed by atoms with Gasteiger partial charge in [-0.25, -0.2) is 14.4 Å². The molecule has 0 spiro atoms. The summed E-state index contributed by atoms with van der Waals surface area (Å²) in [5.41, 5.74) is -0.00244. The summed E-state index contributed by atoms with van der Waals surface area (Å²) in [5, 5.41) is 9.13. The molecule has 1 aromatic rings. The zero-order valence-electron chi connectivity index (χ0n) is 60.4. The maximum Gasteiger partial charge on any atom is 0.338 e. The number of rotatable bonds is 26. The van der Waals surface area contributed by atoms with Gasteiger partial charge in [0.1, 0.15) is 0 Å². The molecule has 0 atom stereocenters. The number of aliphatic hydroxyl groups excluding tert-OH is 1. The quantitative estimate of drug-likeness (QED) is 0.0623. The Morgan fingerprint density at radius 3 is 0.594 bits per heavy atom. The molecule has 96 heavy (non-hydrogen) atoms. The van der Waals surface area contributed by atoms with Gasteiger partial charge in [-0.15, -0.1) is 0 Å². The zero-order valence-corrected chi connectivity index (χ0v) is 60.4. The predicted molar refractivity (Wildman–Crippen MR) is 348 cm³/mol. The molecule has 9 rings (SSSR count). The molecule has 8 saturated heterocycles. The molecule has 0 bridgehead atoms. The number of ether oxygens (including phenoxy) is 19. The minimum Gasteiger partial charge on any atom is -0.462 e. The Morgan fingerprint density at radius 2 is 0.448 bits per heavy atom. The zero-order chi connectivity index (χ0) is 69.7. The predicted octanol–water partition coefficient (Wildman–Crippen LogP) is 6.12. The number of carbonyl (C=O) groups excluding carboxylic acids is 3. The lowest BCUT2D eigenvalue weighted by Crippen LogP contribution is -2.58. The maximum absolute atomic E-state index is 13.9. The van der Waals surface area contributed by atoms with Crippen LogP contribution in [0.15, 0.2) is 18.2 Å². The number of benzene rings is 1. The number of carbonyl (C=O) groups is 3. The van der Waals surface area contributed by atoms with E-state index >= 15 is 0 Å². The molecule has 1 aromatic carbocycles. The molecular weight excluding hydrogens is 1250 g/mol. The summed E-state index contributed by atoms with van der Waals surface area (Å²) in [6.45, 7) is 40.8. The Hall–Kier alpha value is -3.21. The van der Waals surface area contributed by atoms with Crippen molar-refractivity contribution in [2.45, 2.75) is 231 Å². The van der Waals surface area contributed by atoms with Crippen molar-refractivity contribution in [1.29, 1.82) is 0 Å². The van der Waals surface area contributed by atoms with Crippen molar-refractivity contribution in [3.63, 3.8) is 0 Å². The van der Waals surface area contributed by atoms with E-state index in [1.165, 1.54) is 18.2 Å². The highest BCUT2D eigenvalue weighted by Crippen LogP contribution is 2.31. The second kappa shape index (κ2) is 34.2. The van der Waals surface area contributed by atoms with Crippen molar-refractivity contribution in [2.75, 3.05) is 158 Å². The van der Waals surface area contributed by atoms with Gasteiger partial charge in [0.25, 0.3) is 0 Å². The summed E-state index contributed by atoms with van der Waals surface area (Å²) < 4.78 is 113. The SMILES string of the molecule is CC1(C)OCC(N(CCCO)C2COC(C)(C)OC2)CO1.CC1(C)OCC(N(CCCOC(=O)c2cc(C(=O)OCCCN(C3COC(C)(C)OC3)C3COC(C)(C)OC3)cc(C(=O)OCCCN(C3COC(C)(C)OC3)C3COC(C)(C)OC3)c2)C2COC(C)(C)OC2)CO1. The largest absolute Gasteiger partial charge is 0.462 e. The molecule has 0 amide bonds. The van der Waals surface area contributed by atoms with Crippen LogP contribution in [0.5, 0.6) is 0 Å². The van der Waals surface area contributed by atoms with E-state index in [0.717, 1.165) is 13.0 Å². The molecule has 27 nitrogen and oxygen atoms in total. The average Bonchev–Trinajstić information content (AvgIpc) is 0.850. The van der Waals surface area contributed by atoms with E-state index in [9.17, 15) is 14.4 Å². The van der Waals surface area contributed by atoms with Gasteiger partial charge in [0.05, 0.1) is 191 Å². The molecule has 8 aliphatic rings. The summed E-state index contributed by atoms with van der Waals surface area (Å²) in [6.07, 6.45) is 2.09. The van der Waals surface area contributed by atoms with Crippen LogP contribution in [0, 0.1) is 0 Å². The first-order chi connectivity index (χ1) is 45.1. The fourth-order valence-electron chi connectivity index (χ4n) is 12.4. The number of hydrogen-bond donors (Lipinski definition) is 1. The van der Waals surface area contributed by atoms with Gasteiger partial charge in [-0.1, -0.05) is 0 Å². The molecule has 1 N–H and O–H groups in total. The van der Waals surface area contributed by atoms with Crippen LogP contribution in [0.4, 0.5) is 0 Å².